The predicted molar refractivity (Wildman–Crippen MR) is 200 cm³/mol. The summed E-state index contributed by atoms with van der Waals surface area (Å²) in [6.45, 7) is 0. The second-order valence-electron chi connectivity index (χ2n) is 12.5. The Morgan fingerprint density at radius 2 is 0.851 bits per heavy atom. The Morgan fingerprint density at radius 3 is 1.62 bits per heavy atom. The van der Waals surface area contributed by atoms with Gasteiger partial charge in [0.1, 0.15) is 11.3 Å². The van der Waals surface area contributed by atoms with Crippen LogP contribution in [0.15, 0.2) is 174 Å². The summed E-state index contributed by atoms with van der Waals surface area (Å²) in [6.07, 6.45) is 0. The lowest BCUT2D eigenvalue weighted by atomic mass is 9.85. The molecule has 0 bridgehead atoms. The number of fused-ring (bicyclic) bond motifs is 7. The second-order valence-corrected chi connectivity index (χ2v) is 12.5. The van der Waals surface area contributed by atoms with E-state index in [1.54, 1.807) is 0 Å². The molecule has 1 heteroatoms. The molecule has 0 amide bonds. The zero-order chi connectivity index (χ0) is 30.9. The van der Waals surface area contributed by atoms with E-state index >= 15 is 0 Å². The second kappa shape index (κ2) is 10.2. The van der Waals surface area contributed by atoms with Crippen molar-refractivity contribution in [2.75, 3.05) is 0 Å². The molecule has 0 fully saturated rings. The highest BCUT2D eigenvalue weighted by Gasteiger charge is 2.19. The van der Waals surface area contributed by atoms with E-state index in [0.29, 0.717) is 0 Å². The molecule has 0 saturated heterocycles. The molecule has 0 atom stereocenters. The highest BCUT2D eigenvalue weighted by atomic mass is 16.3. The van der Waals surface area contributed by atoms with Crippen molar-refractivity contribution in [2.24, 2.45) is 0 Å². The lowest BCUT2D eigenvalue weighted by Crippen LogP contribution is -1.91. The molecule has 0 saturated carbocycles. The van der Waals surface area contributed by atoms with Gasteiger partial charge < -0.3 is 4.42 Å². The highest BCUT2D eigenvalue weighted by Crippen LogP contribution is 2.46. The topological polar surface area (TPSA) is 13.1 Å². The number of hydrogen-bond acceptors (Lipinski definition) is 1. The molecule has 0 radical (unpaired) electrons. The van der Waals surface area contributed by atoms with E-state index in [1.165, 1.54) is 76.1 Å². The first kappa shape index (κ1) is 26.1. The van der Waals surface area contributed by atoms with Gasteiger partial charge in [-0.1, -0.05) is 146 Å². The molecule has 0 aliphatic rings. The van der Waals surface area contributed by atoms with E-state index in [4.69, 9.17) is 4.42 Å². The van der Waals surface area contributed by atoms with Crippen molar-refractivity contribution in [1.29, 1.82) is 0 Å². The molecule has 0 aliphatic carbocycles. The van der Waals surface area contributed by atoms with Crippen LogP contribution in [0.25, 0.3) is 98.4 Å². The average Bonchev–Trinajstić information content (AvgIpc) is 3.58. The predicted octanol–water partition coefficient (Wildman–Crippen LogP) is 13.2. The molecule has 1 nitrogen and oxygen atoms in total. The van der Waals surface area contributed by atoms with Crippen LogP contribution in [-0.2, 0) is 0 Å². The minimum Gasteiger partial charge on any atom is -0.456 e. The van der Waals surface area contributed by atoms with Gasteiger partial charge in [-0.15, -0.1) is 0 Å². The zero-order valence-electron chi connectivity index (χ0n) is 25.6. The normalized spacial score (nSPS) is 11.8. The van der Waals surface area contributed by atoms with Crippen molar-refractivity contribution in [2.45, 2.75) is 0 Å². The van der Waals surface area contributed by atoms with Crippen molar-refractivity contribution in [3.63, 3.8) is 0 Å². The smallest absolute Gasteiger partial charge is 0.135 e. The Balaban J connectivity index is 1.20. The summed E-state index contributed by atoms with van der Waals surface area (Å²) in [5.41, 5.74) is 6.90. The summed E-state index contributed by atoms with van der Waals surface area (Å²) >= 11 is 0. The van der Waals surface area contributed by atoms with E-state index < -0.39 is 0 Å². The van der Waals surface area contributed by atoms with E-state index in [1.807, 2.05) is 0 Å². The third-order valence-electron chi connectivity index (χ3n) is 9.83. The molecule has 47 heavy (non-hydrogen) atoms. The first-order valence-electron chi connectivity index (χ1n) is 16.2. The fraction of sp³-hybridized carbons (Fsp3) is 0. The van der Waals surface area contributed by atoms with Gasteiger partial charge in [0.05, 0.1) is 0 Å². The largest absolute Gasteiger partial charge is 0.456 e. The summed E-state index contributed by atoms with van der Waals surface area (Å²) in [5.74, 6) is 0.879. The molecular weight excluding hydrogens is 569 g/mol. The number of benzene rings is 9. The molecule has 9 aromatic carbocycles. The van der Waals surface area contributed by atoms with Gasteiger partial charge >= 0.3 is 0 Å². The molecular formula is C46H28O. The summed E-state index contributed by atoms with van der Waals surface area (Å²) < 4.78 is 6.61. The third-order valence-corrected chi connectivity index (χ3v) is 9.83. The fourth-order valence-electron chi connectivity index (χ4n) is 7.66. The van der Waals surface area contributed by atoms with Gasteiger partial charge in [-0.05, 0) is 100 Å². The standard InChI is InChI=1S/C46H28O/c1-2-12-31-26-34(23-20-29(31)10-1)45-37-14-5-7-16-39(37)46(40-17-8-6-15-38(40)45)41-18-9-19-43-42(41)28-44(47-43)33-24-25-36-32(27-33)22-21-30-11-3-4-13-35(30)36/h1-28H. The Bertz CT molecular complexity index is 2800. The lowest BCUT2D eigenvalue weighted by molar-refractivity contribution is 0.632. The maximum absolute atomic E-state index is 6.61. The summed E-state index contributed by atoms with van der Waals surface area (Å²) in [4.78, 5) is 0. The van der Waals surface area contributed by atoms with Gasteiger partial charge in [0.2, 0.25) is 0 Å². The van der Waals surface area contributed by atoms with Crippen LogP contribution in [0.1, 0.15) is 0 Å². The van der Waals surface area contributed by atoms with E-state index in [0.717, 1.165) is 22.3 Å². The fourth-order valence-corrected chi connectivity index (χ4v) is 7.66. The summed E-state index contributed by atoms with van der Waals surface area (Å²) in [6, 6.07) is 61.5. The van der Waals surface area contributed by atoms with Crippen LogP contribution in [0.2, 0.25) is 0 Å². The number of rotatable bonds is 3. The molecule has 1 heterocycles. The summed E-state index contributed by atoms with van der Waals surface area (Å²) in [7, 11) is 0. The first-order valence-corrected chi connectivity index (χ1v) is 16.2. The SMILES string of the molecule is c1ccc2cc(-c3c4ccccc4c(-c4cccc5oc(-c6ccc7c(ccc8ccccc87)c6)cc45)c4ccccc34)ccc2c1. The van der Waals surface area contributed by atoms with Gasteiger partial charge in [0.15, 0.2) is 0 Å². The van der Waals surface area contributed by atoms with Gasteiger partial charge in [-0.2, -0.15) is 0 Å². The Labute approximate surface area is 271 Å². The van der Waals surface area contributed by atoms with Crippen molar-refractivity contribution < 1.29 is 4.42 Å². The monoisotopic (exact) mass is 596 g/mol. The van der Waals surface area contributed by atoms with E-state index in [2.05, 4.69) is 170 Å². The van der Waals surface area contributed by atoms with Crippen LogP contribution < -0.4 is 0 Å². The number of furan rings is 1. The van der Waals surface area contributed by atoms with Crippen molar-refractivity contribution in [3.05, 3.63) is 170 Å². The van der Waals surface area contributed by atoms with E-state index in [-0.39, 0.29) is 0 Å². The molecule has 1 aromatic heterocycles. The third kappa shape index (κ3) is 4.03. The molecule has 0 N–H and O–H groups in total. The minimum atomic E-state index is 0.879. The van der Waals surface area contributed by atoms with Crippen LogP contribution in [0.4, 0.5) is 0 Å². The van der Waals surface area contributed by atoms with Crippen LogP contribution >= 0.6 is 0 Å². The van der Waals surface area contributed by atoms with Crippen LogP contribution in [0.5, 0.6) is 0 Å². The van der Waals surface area contributed by atoms with Crippen molar-refractivity contribution in [1.82, 2.24) is 0 Å². The van der Waals surface area contributed by atoms with E-state index in [9.17, 15) is 0 Å². The zero-order valence-corrected chi connectivity index (χ0v) is 25.6. The Hall–Kier alpha value is -6.18. The first-order chi connectivity index (χ1) is 23.3. The van der Waals surface area contributed by atoms with Crippen LogP contribution in [-0.4, -0.2) is 0 Å². The van der Waals surface area contributed by atoms with Crippen molar-refractivity contribution >= 4 is 64.8 Å². The van der Waals surface area contributed by atoms with Gasteiger partial charge in [0, 0.05) is 10.9 Å². The summed E-state index contributed by atoms with van der Waals surface area (Å²) in [5, 5.41) is 13.6. The Morgan fingerprint density at radius 1 is 0.298 bits per heavy atom. The molecule has 218 valence electrons. The van der Waals surface area contributed by atoms with Gasteiger partial charge in [0.25, 0.3) is 0 Å². The van der Waals surface area contributed by atoms with Gasteiger partial charge in [-0.3, -0.25) is 0 Å². The van der Waals surface area contributed by atoms with Crippen molar-refractivity contribution in [3.8, 4) is 33.6 Å². The maximum Gasteiger partial charge on any atom is 0.135 e. The quantitative estimate of drug-likeness (QED) is 0.146. The molecule has 10 rings (SSSR count). The Kier molecular flexibility index (Phi) is 5.64. The molecule has 0 aliphatic heterocycles. The number of hydrogen-bond donors (Lipinski definition) is 0. The maximum atomic E-state index is 6.61. The van der Waals surface area contributed by atoms with Gasteiger partial charge in [-0.25, -0.2) is 0 Å². The average molecular weight is 597 g/mol. The highest BCUT2D eigenvalue weighted by molar-refractivity contribution is 6.23. The molecule has 0 unspecified atom stereocenters. The van der Waals surface area contributed by atoms with Crippen LogP contribution in [0.3, 0.4) is 0 Å². The van der Waals surface area contributed by atoms with Crippen LogP contribution in [0, 0.1) is 0 Å². The molecule has 0 spiro atoms. The lowest BCUT2D eigenvalue weighted by Gasteiger charge is -2.18. The molecule has 10 aromatic rings. The minimum absolute atomic E-state index is 0.879.